The standard InChI is InChI=1S/C80H54N2/c1-6-18-55(19-7-1)57-30-34-59(35-31-57)65-41-50-77-74(52-65)75-53-66(60-36-32-58(33-37-60)56-20-8-2-9-21-56)42-51-78(75)82(77)70-47-45-69(46-48-70)81(67-26-14-5-15-27-67)68-43-38-61(39-44-68)64-40-49-73-76(54-64)80(63-24-12-4-13-25-63)72-29-17-16-28-71(72)79(73)62-22-10-3-11-23-62/h1-54H. The molecule has 1 heterocycles. The van der Waals surface area contributed by atoms with Crippen molar-refractivity contribution in [3.63, 3.8) is 0 Å². The molecule has 0 unspecified atom stereocenters. The van der Waals surface area contributed by atoms with E-state index < -0.39 is 0 Å². The highest BCUT2D eigenvalue weighted by Crippen LogP contribution is 2.46. The van der Waals surface area contributed by atoms with Crippen molar-refractivity contribution in [2.75, 3.05) is 4.90 Å². The molecule has 1 aromatic heterocycles. The number of anilines is 3. The summed E-state index contributed by atoms with van der Waals surface area (Å²) >= 11 is 0. The number of aromatic nitrogens is 1. The SMILES string of the molecule is c1ccc(-c2ccc(-c3ccc4c(c3)c3cc(-c5ccc(-c6ccccc6)cc5)ccc3n4-c3ccc(N(c4ccccc4)c4ccc(-c5ccc6c(-c7ccccc7)c7ccccc7c(-c7ccccc7)c6c5)cc4)cc3)cc2)cc1. The van der Waals surface area contributed by atoms with E-state index in [-0.39, 0.29) is 0 Å². The summed E-state index contributed by atoms with van der Waals surface area (Å²) in [6, 6.07) is 120. The van der Waals surface area contributed by atoms with E-state index in [1.54, 1.807) is 0 Å². The average Bonchev–Trinajstić information content (AvgIpc) is 4.03. The minimum Gasteiger partial charge on any atom is -0.311 e. The lowest BCUT2D eigenvalue weighted by Crippen LogP contribution is -2.10. The Hall–Kier alpha value is -10.8. The van der Waals surface area contributed by atoms with Gasteiger partial charge in [0.25, 0.3) is 0 Å². The Morgan fingerprint density at radius 2 is 0.463 bits per heavy atom. The average molecular weight is 1040 g/mol. The minimum atomic E-state index is 1.07. The molecule has 0 aliphatic carbocycles. The van der Waals surface area contributed by atoms with E-state index >= 15 is 0 Å². The third kappa shape index (κ3) is 8.80. The lowest BCUT2D eigenvalue weighted by atomic mass is 9.85. The first kappa shape index (κ1) is 48.3. The quantitative estimate of drug-likeness (QED) is 0.117. The summed E-state index contributed by atoms with van der Waals surface area (Å²) in [5, 5.41) is 7.42. The molecule has 0 N–H and O–H groups in total. The number of hydrogen-bond donors (Lipinski definition) is 0. The van der Waals surface area contributed by atoms with Crippen LogP contribution in [0.2, 0.25) is 0 Å². The molecule has 14 aromatic carbocycles. The van der Waals surface area contributed by atoms with Gasteiger partial charge in [0.2, 0.25) is 0 Å². The van der Waals surface area contributed by atoms with Crippen LogP contribution in [0.3, 0.4) is 0 Å². The highest BCUT2D eigenvalue weighted by atomic mass is 15.1. The number of para-hydroxylation sites is 1. The lowest BCUT2D eigenvalue weighted by Gasteiger charge is -2.26. The van der Waals surface area contributed by atoms with Crippen LogP contribution in [0.15, 0.2) is 328 Å². The molecule has 0 aliphatic rings. The number of hydrogen-bond acceptors (Lipinski definition) is 1. The summed E-state index contributed by atoms with van der Waals surface area (Å²) in [6.45, 7) is 0. The Bertz CT molecular complexity index is 4620. The van der Waals surface area contributed by atoms with Gasteiger partial charge in [-0.25, -0.2) is 0 Å². The third-order valence-corrected chi connectivity index (χ3v) is 16.4. The molecule has 15 rings (SSSR count). The van der Waals surface area contributed by atoms with E-state index in [9.17, 15) is 0 Å². The molecule has 0 atom stereocenters. The molecule has 0 amide bonds. The second-order valence-corrected chi connectivity index (χ2v) is 21.2. The van der Waals surface area contributed by atoms with Crippen molar-refractivity contribution in [2.24, 2.45) is 0 Å². The molecule has 82 heavy (non-hydrogen) atoms. The Morgan fingerprint density at radius 3 is 0.902 bits per heavy atom. The maximum absolute atomic E-state index is 2.43. The molecule has 0 radical (unpaired) electrons. The first-order valence-electron chi connectivity index (χ1n) is 28.2. The van der Waals surface area contributed by atoms with Crippen LogP contribution in [0.25, 0.3) is 127 Å². The summed E-state index contributed by atoms with van der Waals surface area (Å²) in [5.74, 6) is 0. The molecule has 384 valence electrons. The van der Waals surface area contributed by atoms with Crippen molar-refractivity contribution in [1.82, 2.24) is 4.57 Å². The molecule has 0 saturated carbocycles. The highest BCUT2D eigenvalue weighted by Gasteiger charge is 2.20. The maximum atomic E-state index is 2.43. The number of fused-ring (bicyclic) bond motifs is 5. The Labute approximate surface area is 478 Å². The summed E-state index contributed by atoms with van der Waals surface area (Å²) in [7, 11) is 0. The van der Waals surface area contributed by atoms with E-state index in [1.807, 2.05) is 0 Å². The molecular formula is C80H54N2. The summed E-state index contributed by atoms with van der Waals surface area (Å²) < 4.78 is 2.43. The van der Waals surface area contributed by atoms with Gasteiger partial charge in [0, 0.05) is 33.5 Å². The van der Waals surface area contributed by atoms with Gasteiger partial charge in [-0.2, -0.15) is 0 Å². The fraction of sp³-hybridized carbons (Fsp3) is 0. The molecule has 0 spiro atoms. The molecule has 0 saturated heterocycles. The van der Waals surface area contributed by atoms with Gasteiger partial charge in [0.15, 0.2) is 0 Å². The molecule has 0 bridgehead atoms. The maximum Gasteiger partial charge on any atom is 0.0541 e. The smallest absolute Gasteiger partial charge is 0.0541 e. The van der Waals surface area contributed by atoms with E-state index in [1.165, 1.54) is 105 Å². The molecule has 0 fully saturated rings. The Kier molecular flexibility index (Phi) is 12.2. The normalized spacial score (nSPS) is 11.4. The van der Waals surface area contributed by atoms with Crippen LogP contribution in [-0.2, 0) is 0 Å². The van der Waals surface area contributed by atoms with Crippen LogP contribution in [0.4, 0.5) is 17.1 Å². The monoisotopic (exact) mass is 1040 g/mol. The van der Waals surface area contributed by atoms with Crippen molar-refractivity contribution in [2.45, 2.75) is 0 Å². The van der Waals surface area contributed by atoms with Crippen LogP contribution in [0.5, 0.6) is 0 Å². The molecular weight excluding hydrogens is 989 g/mol. The molecule has 2 nitrogen and oxygen atoms in total. The molecule has 2 heteroatoms. The van der Waals surface area contributed by atoms with Crippen LogP contribution in [-0.4, -0.2) is 4.57 Å². The predicted octanol–water partition coefficient (Wildman–Crippen LogP) is 22.2. The zero-order chi connectivity index (χ0) is 54.3. The van der Waals surface area contributed by atoms with Gasteiger partial charge in [-0.3, -0.25) is 0 Å². The summed E-state index contributed by atoms with van der Waals surface area (Å²) in [6.07, 6.45) is 0. The van der Waals surface area contributed by atoms with Crippen molar-refractivity contribution in [3.8, 4) is 83.6 Å². The van der Waals surface area contributed by atoms with Crippen LogP contribution in [0.1, 0.15) is 0 Å². The van der Waals surface area contributed by atoms with Crippen molar-refractivity contribution in [1.29, 1.82) is 0 Å². The van der Waals surface area contributed by atoms with Crippen molar-refractivity contribution < 1.29 is 0 Å². The Morgan fingerprint density at radius 1 is 0.183 bits per heavy atom. The lowest BCUT2D eigenvalue weighted by molar-refractivity contribution is 1.17. The zero-order valence-electron chi connectivity index (χ0n) is 45.1. The van der Waals surface area contributed by atoms with Crippen molar-refractivity contribution in [3.05, 3.63) is 328 Å². The zero-order valence-corrected chi connectivity index (χ0v) is 45.1. The van der Waals surface area contributed by atoms with Gasteiger partial charge in [-0.15, -0.1) is 0 Å². The van der Waals surface area contributed by atoms with Gasteiger partial charge in [-0.1, -0.05) is 249 Å². The number of nitrogens with zero attached hydrogens (tertiary/aromatic N) is 2. The molecule has 0 aliphatic heterocycles. The van der Waals surface area contributed by atoms with Crippen LogP contribution in [0, 0.1) is 0 Å². The van der Waals surface area contributed by atoms with Gasteiger partial charge >= 0.3 is 0 Å². The molecule has 15 aromatic rings. The van der Waals surface area contributed by atoms with E-state index in [2.05, 4.69) is 337 Å². The fourth-order valence-electron chi connectivity index (χ4n) is 12.4. The fourth-order valence-corrected chi connectivity index (χ4v) is 12.4. The topological polar surface area (TPSA) is 8.17 Å². The van der Waals surface area contributed by atoms with Crippen LogP contribution < -0.4 is 4.90 Å². The van der Waals surface area contributed by atoms with E-state index in [0.29, 0.717) is 0 Å². The van der Waals surface area contributed by atoms with Gasteiger partial charge in [-0.05, 0) is 178 Å². The highest BCUT2D eigenvalue weighted by molar-refractivity contribution is 6.22. The third-order valence-electron chi connectivity index (χ3n) is 16.4. The number of rotatable bonds is 11. The first-order valence-corrected chi connectivity index (χ1v) is 28.2. The van der Waals surface area contributed by atoms with Gasteiger partial charge in [0.05, 0.1) is 11.0 Å². The second-order valence-electron chi connectivity index (χ2n) is 21.2. The number of benzene rings is 14. The predicted molar refractivity (Wildman–Crippen MR) is 349 cm³/mol. The van der Waals surface area contributed by atoms with Gasteiger partial charge in [0.1, 0.15) is 0 Å². The first-order chi connectivity index (χ1) is 40.7. The van der Waals surface area contributed by atoms with Crippen LogP contribution >= 0.6 is 0 Å². The summed E-state index contributed by atoms with van der Waals surface area (Å²) in [4.78, 5) is 2.36. The minimum absolute atomic E-state index is 1.07. The van der Waals surface area contributed by atoms with E-state index in [0.717, 1.165) is 39.3 Å². The van der Waals surface area contributed by atoms with Gasteiger partial charge < -0.3 is 9.47 Å². The second kappa shape index (κ2) is 20.8. The van der Waals surface area contributed by atoms with E-state index in [4.69, 9.17) is 0 Å². The summed E-state index contributed by atoms with van der Waals surface area (Å²) in [5.41, 5.74) is 23.6. The Balaban J connectivity index is 0.809. The van der Waals surface area contributed by atoms with Crippen molar-refractivity contribution >= 4 is 60.4 Å². The largest absolute Gasteiger partial charge is 0.311 e.